The van der Waals surface area contributed by atoms with E-state index in [0.717, 1.165) is 18.2 Å². The molecule has 0 radical (unpaired) electrons. The molecule has 0 saturated carbocycles. The van der Waals surface area contributed by atoms with Gasteiger partial charge in [-0.3, -0.25) is 4.79 Å². The Labute approximate surface area is 230 Å². The topological polar surface area (TPSA) is 173 Å². The van der Waals surface area contributed by atoms with Crippen LogP contribution in [0.2, 0.25) is 0 Å². The molecule has 1 amide bonds. The highest BCUT2D eigenvalue weighted by atomic mass is 32.2. The number of aryl methyl sites for hydroxylation is 1. The number of para-hydroxylation sites is 2. The Morgan fingerprint density at radius 2 is 1.82 bits per heavy atom. The summed E-state index contributed by atoms with van der Waals surface area (Å²) in [6.07, 6.45) is 4.19. The molecule has 1 fully saturated rings. The highest BCUT2D eigenvalue weighted by Crippen LogP contribution is 2.40. The van der Waals surface area contributed by atoms with Gasteiger partial charge in [0.25, 0.3) is 0 Å². The van der Waals surface area contributed by atoms with E-state index in [1.165, 1.54) is 37.5 Å². The van der Waals surface area contributed by atoms with Crippen LogP contribution in [-0.2, 0) is 22.0 Å². The van der Waals surface area contributed by atoms with Gasteiger partial charge in [0.2, 0.25) is 11.0 Å². The molecule has 39 heavy (non-hydrogen) atoms. The Morgan fingerprint density at radius 3 is 2.44 bits per heavy atom. The number of carbonyl (C=O) groups is 1. The third-order valence-corrected chi connectivity index (χ3v) is 6.42. The van der Waals surface area contributed by atoms with Crippen LogP contribution in [0.1, 0.15) is 26.2 Å². The fourth-order valence-electron chi connectivity index (χ4n) is 3.67. The van der Waals surface area contributed by atoms with Crippen LogP contribution in [0, 0.1) is 0 Å². The fraction of sp³-hybridized carbons (Fsp3) is 0.375. The zero-order valence-corrected chi connectivity index (χ0v) is 23.7. The van der Waals surface area contributed by atoms with E-state index in [1.807, 2.05) is 7.05 Å². The number of aromatic nitrogens is 2. The van der Waals surface area contributed by atoms with Crippen LogP contribution in [-0.4, -0.2) is 55.5 Å². The zero-order valence-electron chi connectivity index (χ0n) is 22.0. The standard InChI is InChI=1S/C23H27N7O3S.CH4O3S/c1-15(31)24-17-13-19(25-16-9-5-6-10-20(16)32)21(33-3)14-18(17)26-27-22-29(2)28-23(34-22)30-11-7-4-8-12-30;1-5(2,3)4/h5-6,9-10,13-14H,4,7-8,11-12H2,1-3H3,(H2,24,25,26,31,32);1H3,(H,2,3,4). The van der Waals surface area contributed by atoms with Crippen molar-refractivity contribution in [3.05, 3.63) is 36.4 Å². The Kier molecular flexibility index (Phi) is 10.1. The molecule has 1 saturated heterocycles. The van der Waals surface area contributed by atoms with Gasteiger partial charge in [-0.25, -0.2) is 8.42 Å². The Bertz CT molecular complexity index is 1430. The average Bonchev–Trinajstić information content (AvgIpc) is 3.24. The van der Waals surface area contributed by atoms with Crippen LogP contribution >= 0.6 is 11.3 Å². The number of ether oxygens (including phenoxy) is 1. The van der Waals surface area contributed by atoms with Crippen molar-refractivity contribution >= 4 is 60.4 Å². The summed E-state index contributed by atoms with van der Waals surface area (Å²) in [5.41, 5.74) is 1.95. The number of phenols is 1. The van der Waals surface area contributed by atoms with Crippen molar-refractivity contribution in [1.29, 1.82) is 0 Å². The predicted octanol–water partition coefficient (Wildman–Crippen LogP) is 3.95. The second-order valence-electron chi connectivity index (χ2n) is 8.64. The molecule has 2 aromatic carbocycles. The van der Waals surface area contributed by atoms with E-state index in [1.54, 1.807) is 48.2 Å². The Hall–Kier alpha value is -3.82. The van der Waals surface area contributed by atoms with Crippen molar-refractivity contribution in [2.45, 2.75) is 26.2 Å². The highest BCUT2D eigenvalue weighted by Gasteiger charge is 2.22. The van der Waals surface area contributed by atoms with E-state index in [4.69, 9.17) is 17.7 Å². The first kappa shape index (κ1) is 29.7. The van der Waals surface area contributed by atoms with Crippen LogP contribution < -0.4 is 25.0 Å². The lowest BCUT2D eigenvalue weighted by molar-refractivity contribution is -0.712. The SMILES string of the molecule is COc1cc(N=Nc2sc(N3CCCCC3)n[n+]2C)c(NC(C)=O)cc1Nc1ccccc1O.CS(=O)(=O)[O-]. The smallest absolute Gasteiger partial charge is 0.431 e. The number of methoxy groups -OCH3 is 1. The number of nitrogens with zero attached hydrogens (tertiary/aromatic N) is 5. The van der Waals surface area contributed by atoms with Gasteiger partial charge < -0.3 is 29.9 Å². The minimum Gasteiger partial charge on any atom is -0.748 e. The number of phenolic OH excluding ortho intramolecular Hbond substituents is 1. The first-order valence-corrected chi connectivity index (χ1v) is 14.6. The van der Waals surface area contributed by atoms with Crippen molar-refractivity contribution in [2.75, 3.05) is 42.0 Å². The molecule has 4 rings (SSSR count). The molecule has 1 aliphatic rings. The molecular formula is C24H31N7O6S2. The first-order valence-electron chi connectivity index (χ1n) is 11.9. The van der Waals surface area contributed by atoms with Crippen LogP contribution in [0.15, 0.2) is 46.6 Å². The van der Waals surface area contributed by atoms with Crippen molar-refractivity contribution in [2.24, 2.45) is 17.3 Å². The van der Waals surface area contributed by atoms with Gasteiger partial charge in [0.1, 0.15) is 24.2 Å². The molecule has 3 aromatic rings. The molecule has 13 nitrogen and oxygen atoms in total. The van der Waals surface area contributed by atoms with Gasteiger partial charge >= 0.3 is 5.13 Å². The van der Waals surface area contributed by atoms with E-state index in [0.29, 0.717) is 39.9 Å². The number of aromatic hydroxyl groups is 1. The summed E-state index contributed by atoms with van der Waals surface area (Å²) in [5, 5.41) is 31.0. The van der Waals surface area contributed by atoms with Gasteiger partial charge in [0.05, 0.1) is 39.4 Å². The summed E-state index contributed by atoms with van der Waals surface area (Å²) in [4.78, 5) is 14.1. The number of amides is 1. The average molecular weight is 578 g/mol. The van der Waals surface area contributed by atoms with E-state index >= 15 is 0 Å². The Morgan fingerprint density at radius 1 is 1.15 bits per heavy atom. The predicted molar refractivity (Wildman–Crippen MR) is 148 cm³/mol. The molecule has 0 aliphatic carbocycles. The number of azo groups is 1. The summed E-state index contributed by atoms with van der Waals surface area (Å²) in [5.74, 6) is 0.330. The van der Waals surface area contributed by atoms with Gasteiger partial charge in [-0.05, 0) is 53.9 Å². The van der Waals surface area contributed by atoms with Crippen LogP contribution in [0.4, 0.5) is 33.0 Å². The summed E-state index contributed by atoms with van der Waals surface area (Å²) in [6.45, 7) is 3.42. The van der Waals surface area contributed by atoms with Gasteiger partial charge in [-0.2, -0.15) is 0 Å². The maximum Gasteiger partial charge on any atom is 0.431 e. The minimum absolute atomic E-state index is 0.0941. The quantitative estimate of drug-likeness (QED) is 0.163. The maximum absolute atomic E-state index is 11.9. The number of rotatable bonds is 7. The lowest BCUT2D eigenvalue weighted by Gasteiger charge is -2.24. The third-order valence-electron chi connectivity index (χ3n) is 5.37. The summed E-state index contributed by atoms with van der Waals surface area (Å²) in [7, 11) is -0.536. The summed E-state index contributed by atoms with van der Waals surface area (Å²) in [6, 6.07) is 10.2. The first-order chi connectivity index (χ1) is 18.4. The number of carbonyl (C=O) groups excluding carboxylic acids is 1. The molecule has 1 aliphatic heterocycles. The van der Waals surface area contributed by atoms with E-state index < -0.39 is 10.1 Å². The van der Waals surface area contributed by atoms with Gasteiger partial charge in [0, 0.05) is 32.3 Å². The summed E-state index contributed by atoms with van der Waals surface area (Å²) < 4.78 is 34.5. The molecule has 1 aromatic heterocycles. The molecule has 0 bridgehead atoms. The van der Waals surface area contributed by atoms with Gasteiger partial charge in [0.15, 0.2) is 0 Å². The highest BCUT2D eigenvalue weighted by molar-refractivity contribution is 7.84. The largest absolute Gasteiger partial charge is 0.748 e. The molecular weight excluding hydrogens is 546 g/mol. The third kappa shape index (κ3) is 9.15. The molecule has 0 atom stereocenters. The van der Waals surface area contributed by atoms with Crippen LogP contribution in [0.5, 0.6) is 11.5 Å². The van der Waals surface area contributed by atoms with E-state index in [-0.39, 0.29) is 11.7 Å². The van der Waals surface area contributed by atoms with E-state index in [2.05, 4.69) is 30.9 Å². The molecule has 210 valence electrons. The van der Waals surface area contributed by atoms with Crippen molar-refractivity contribution in [3.63, 3.8) is 0 Å². The molecule has 0 unspecified atom stereocenters. The molecule has 15 heteroatoms. The number of nitrogens with one attached hydrogen (secondary N) is 2. The van der Waals surface area contributed by atoms with Crippen molar-refractivity contribution in [3.8, 4) is 11.5 Å². The normalized spacial score (nSPS) is 13.5. The molecule has 3 N–H and O–H groups in total. The fourth-order valence-corrected chi connectivity index (χ4v) is 4.56. The number of hydrogen-bond donors (Lipinski definition) is 3. The van der Waals surface area contributed by atoms with Crippen molar-refractivity contribution < 1.29 is 32.3 Å². The van der Waals surface area contributed by atoms with Gasteiger partial charge in [-0.15, -0.1) is 4.68 Å². The zero-order chi connectivity index (χ0) is 28.6. The second-order valence-corrected chi connectivity index (χ2v) is 11.0. The number of anilines is 4. The molecule has 0 spiro atoms. The maximum atomic E-state index is 11.9. The van der Waals surface area contributed by atoms with E-state index in [9.17, 15) is 9.90 Å². The van der Waals surface area contributed by atoms with Gasteiger partial charge in [-0.1, -0.05) is 17.2 Å². The van der Waals surface area contributed by atoms with Crippen LogP contribution in [0.3, 0.4) is 0 Å². The minimum atomic E-state index is -3.92. The second kappa shape index (κ2) is 13.3. The summed E-state index contributed by atoms with van der Waals surface area (Å²) >= 11 is 1.48. The number of hydrogen-bond acceptors (Lipinski definition) is 12. The lowest BCUT2D eigenvalue weighted by Crippen LogP contribution is -2.33. The lowest BCUT2D eigenvalue weighted by atomic mass is 10.1. The molecule has 2 heterocycles. The Balaban J connectivity index is 0.000000771. The number of piperidine rings is 1. The number of benzene rings is 2. The van der Waals surface area contributed by atoms with Crippen molar-refractivity contribution in [1.82, 2.24) is 5.10 Å². The monoisotopic (exact) mass is 577 g/mol. The van der Waals surface area contributed by atoms with Crippen LogP contribution in [0.25, 0.3) is 0 Å².